The number of anilines is 2. The van der Waals surface area contributed by atoms with Gasteiger partial charge in [-0.05, 0) is 12.8 Å². The molecule has 0 aliphatic heterocycles. The molecule has 0 aromatic carbocycles. The van der Waals surface area contributed by atoms with Crippen molar-refractivity contribution in [3.05, 3.63) is 12.4 Å². The van der Waals surface area contributed by atoms with Crippen LogP contribution >= 0.6 is 0 Å². The van der Waals surface area contributed by atoms with Gasteiger partial charge in [-0.3, -0.25) is 0 Å². The number of rotatable bonds is 4. The molecule has 2 N–H and O–H groups in total. The number of nitriles is 1. The largest absolute Gasteiger partial charge is 0.367 e. The van der Waals surface area contributed by atoms with Gasteiger partial charge in [0.25, 0.3) is 0 Å². The van der Waals surface area contributed by atoms with Crippen molar-refractivity contribution in [2.24, 2.45) is 0 Å². The third kappa shape index (κ3) is 3.59. The first-order chi connectivity index (χ1) is 8.38. The van der Waals surface area contributed by atoms with Crippen molar-refractivity contribution in [2.75, 3.05) is 17.2 Å². The van der Waals surface area contributed by atoms with Gasteiger partial charge in [-0.25, -0.2) is 9.97 Å². The highest BCUT2D eigenvalue weighted by Gasteiger charge is 2.13. The maximum absolute atomic E-state index is 8.49. The first kappa shape index (κ1) is 11.6. The van der Waals surface area contributed by atoms with E-state index in [0.29, 0.717) is 11.9 Å². The molecular weight excluding hydrogens is 214 g/mol. The highest BCUT2D eigenvalue weighted by atomic mass is 15.1. The summed E-state index contributed by atoms with van der Waals surface area (Å²) in [4.78, 5) is 8.25. The Bertz CT molecular complexity index is 392. The van der Waals surface area contributed by atoms with E-state index in [9.17, 15) is 0 Å². The molecule has 1 saturated carbocycles. The number of aromatic nitrogens is 2. The molecule has 1 aliphatic rings. The molecule has 0 radical (unpaired) electrons. The van der Waals surface area contributed by atoms with E-state index in [2.05, 4.69) is 20.6 Å². The van der Waals surface area contributed by atoms with Crippen LogP contribution in [-0.4, -0.2) is 22.6 Å². The second-order valence-electron chi connectivity index (χ2n) is 4.28. The molecule has 0 unspecified atom stereocenters. The van der Waals surface area contributed by atoms with Crippen molar-refractivity contribution >= 4 is 11.6 Å². The lowest BCUT2D eigenvalue weighted by Crippen LogP contribution is -2.22. The molecule has 1 aromatic rings. The minimum atomic E-state index is 0.264. The topological polar surface area (TPSA) is 73.6 Å². The fraction of sp³-hybridized carbons (Fsp3) is 0.583. The zero-order chi connectivity index (χ0) is 11.9. The van der Waals surface area contributed by atoms with Gasteiger partial charge < -0.3 is 10.6 Å². The molecule has 1 aliphatic carbocycles. The highest BCUT2D eigenvalue weighted by molar-refractivity contribution is 5.47. The fourth-order valence-electron chi connectivity index (χ4n) is 2.12. The molecule has 0 amide bonds. The van der Waals surface area contributed by atoms with Crippen LogP contribution in [0.15, 0.2) is 12.4 Å². The number of nitrogens with one attached hydrogen (secondary N) is 2. The Hall–Kier alpha value is -1.83. The van der Waals surface area contributed by atoms with Crippen molar-refractivity contribution in [2.45, 2.75) is 38.1 Å². The maximum atomic E-state index is 8.49. The molecule has 5 heteroatoms. The predicted molar refractivity (Wildman–Crippen MR) is 66.6 cm³/mol. The Morgan fingerprint density at radius 1 is 1.24 bits per heavy atom. The molecular formula is C12H17N5. The minimum absolute atomic E-state index is 0.264. The normalized spacial score (nSPS) is 16.2. The third-order valence-electron chi connectivity index (χ3n) is 2.97. The molecule has 1 heterocycles. The zero-order valence-corrected chi connectivity index (χ0v) is 9.82. The van der Waals surface area contributed by atoms with Crippen molar-refractivity contribution in [3.8, 4) is 6.07 Å². The molecule has 1 aromatic heterocycles. The van der Waals surface area contributed by atoms with Crippen LogP contribution < -0.4 is 10.6 Å². The summed E-state index contributed by atoms with van der Waals surface area (Å²) in [5.74, 6) is 1.53. The van der Waals surface area contributed by atoms with E-state index in [4.69, 9.17) is 5.26 Å². The summed E-state index contributed by atoms with van der Waals surface area (Å²) in [7, 11) is 0. The van der Waals surface area contributed by atoms with Crippen LogP contribution in [0.5, 0.6) is 0 Å². The van der Waals surface area contributed by atoms with Gasteiger partial charge >= 0.3 is 0 Å². The van der Waals surface area contributed by atoms with E-state index in [1.807, 2.05) is 12.1 Å². The average molecular weight is 231 g/mol. The van der Waals surface area contributed by atoms with E-state index in [1.54, 1.807) is 0 Å². The molecule has 2 rings (SSSR count). The smallest absolute Gasteiger partial charge is 0.132 e. The lowest BCUT2D eigenvalue weighted by molar-refractivity contribution is 0.462. The van der Waals surface area contributed by atoms with Crippen molar-refractivity contribution in [1.29, 1.82) is 5.26 Å². The monoisotopic (exact) mass is 231 g/mol. The van der Waals surface area contributed by atoms with Gasteiger partial charge in [-0.1, -0.05) is 19.3 Å². The second-order valence-corrected chi connectivity index (χ2v) is 4.28. The Morgan fingerprint density at radius 3 is 2.76 bits per heavy atom. The van der Waals surface area contributed by atoms with E-state index in [-0.39, 0.29) is 6.54 Å². The highest BCUT2D eigenvalue weighted by Crippen LogP contribution is 2.21. The average Bonchev–Trinajstić information content (AvgIpc) is 2.38. The van der Waals surface area contributed by atoms with Gasteiger partial charge in [0.15, 0.2) is 0 Å². The number of hydrogen-bond acceptors (Lipinski definition) is 5. The third-order valence-corrected chi connectivity index (χ3v) is 2.97. The zero-order valence-electron chi connectivity index (χ0n) is 9.82. The number of hydrogen-bond donors (Lipinski definition) is 2. The van der Waals surface area contributed by atoms with E-state index in [1.165, 1.54) is 38.4 Å². The van der Waals surface area contributed by atoms with Gasteiger partial charge in [-0.15, -0.1) is 0 Å². The van der Waals surface area contributed by atoms with Crippen LogP contribution in [0.1, 0.15) is 32.1 Å². The van der Waals surface area contributed by atoms with Gasteiger partial charge in [0.05, 0.1) is 6.07 Å². The van der Waals surface area contributed by atoms with Crippen LogP contribution in [0.25, 0.3) is 0 Å². The van der Waals surface area contributed by atoms with Crippen LogP contribution in [0.3, 0.4) is 0 Å². The maximum Gasteiger partial charge on any atom is 0.132 e. The Morgan fingerprint density at radius 2 is 2.00 bits per heavy atom. The van der Waals surface area contributed by atoms with Gasteiger partial charge in [0.1, 0.15) is 24.5 Å². The molecule has 1 fully saturated rings. The van der Waals surface area contributed by atoms with Crippen LogP contribution in [0.2, 0.25) is 0 Å². The van der Waals surface area contributed by atoms with Gasteiger partial charge in [0.2, 0.25) is 0 Å². The van der Waals surface area contributed by atoms with E-state index in [0.717, 1.165) is 5.82 Å². The molecule has 90 valence electrons. The quantitative estimate of drug-likeness (QED) is 0.777. The van der Waals surface area contributed by atoms with Crippen LogP contribution in [0, 0.1) is 11.3 Å². The predicted octanol–water partition coefficient (Wildman–Crippen LogP) is 2.16. The lowest BCUT2D eigenvalue weighted by atomic mass is 9.95. The lowest BCUT2D eigenvalue weighted by Gasteiger charge is -2.23. The van der Waals surface area contributed by atoms with Crippen molar-refractivity contribution in [1.82, 2.24) is 9.97 Å². The summed E-state index contributed by atoms with van der Waals surface area (Å²) in [5, 5.41) is 14.8. The number of nitrogens with zero attached hydrogens (tertiary/aromatic N) is 3. The summed E-state index contributed by atoms with van der Waals surface area (Å²) >= 11 is 0. The summed E-state index contributed by atoms with van der Waals surface area (Å²) < 4.78 is 0. The Balaban J connectivity index is 1.93. The molecule has 0 spiro atoms. The Kier molecular flexibility index (Phi) is 4.14. The standard InChI is InChI=1S/C12H17N5/c13-6-7-14-11-8-12(16-9-15-11)17-10-4-2-1-3-5-10/h8-10H,1-5,7H2,(H2,14,15,16,17). The molecule has 0 bridgehead atoms. The first-order valence-electron chi connectivity index (χ1n) is 6.08. The Labute approximate surface area is 101 Å². The minimum Gasteiger partial charge on any atom is -0.367 e. The SMILES string of the molecule is N#CCNc1cc(NC2CCCCC2)ncn1. The first-order valence-corrected chi connectivity index (χ1v) is 6.08. The van der Waals surface area contributed by atoms with Gasteiger partial charge in [0, 0.05) is 12.1 Å². The fourth-order valence-corrected chi connectivity index (χ4v) is 2.12. The van der Waals surface area contributed by atoms with Crippen molar-refractivity contribution in [3.63, 3.8) is 0 Å². The van der Waals surface area contributed by atoms with Crippen LogP contribution in [0.4, 0.5) is 11.6 Å². The summed E-state index contributed by atoms with van der Waals surface area (Å²) in [6, 6.07) is 4.41. The summed E-state index contributed by atoms with van der Waals surface area (Å²) in [6.07, 6.45) is 7.88. The van der Waals surface area contributed by atoms with Crippen LogP contribution in [-0.2, 0) is 0 Å². The molecule has 5 nitrogen and oxygen atoms in total. The molecule has 17 heavy (non-hydrogen) atoms. The van der Waals surface area contributed by atoms with E-state index >= 15 is 0 Å². The summed E-state index contributed by atoms with van der Waals surface area (Å²) in [6.45, 7) is 0.264. The molecule has 0 saturated heterocycles. The van der Waals surface area contributed by atoms with Gasteiger partial charge in [-0.2, -0.15) is 5.26 Å². The molecule has 0 atom stereocenters. The van der Waals surface area contributed by atoms with E-state index < -0.39 is 0 Å². The second kappa shape index (κ2) is 6.04. The van der Waals surface area contributed by atoms with Crippen molar-refractivity contribution < 1.29 is 0 Å². The summed E-state index contributed by atoms with van der Waals surface area (Å²) in [5.41, 5.74) is 0.